The molecular formula is C15H14BrO2Ru. The van der Waals surface area contributed by atoms with Crippen LogP contribution in [0.3, 0.4) is 0 Å². The second-order valence-electron chi connectivity index (χ2n) is 3.32. The minimum Gasteiger partial charge on any atom is -0.307 e. The molecule has 19 heavy (non-hydrogen) atoms. The molecule has 3 aromatic rings. The van der Waals surface area contributed by atoms with E-state index < -0.39 is 0 Å². The normalized spacial score (nSPS) is 8.00. The van der Waals surface area contributed by atoms with Gasteiger partial charge < -0.3 is 9.59 Å². The van der Waals surface area contributed by atoms with Crippen molar-refractivity contribution < 1.29 is 29.1 Å². The van der Waals surface area contributed by atoms with E-state index in [1.54, 1.807) is 0 Å². The average Bonchev–Trinajstić information content (AvgIpc) is 2.82. The molecule has 1 radical (unpaired) electrons. The zero-order chi connectivity index (χ0) is 12.7. The van der Waals surface area contributed by atoms with Gasteiger partial charge in [0, 0.05) is 0 Å². The molecular weight excluding hydrogens is 393 g/mol. The molecule has 101 valence electrons. The Morgan fingerprint density at radius 2 is 1.00 bits per heavy atom. The van der Waals surface area contributed by atoms with Crippen molar-refractivity contribution in [3.63, 3.8) is 0 Å². The van der Waals surface area contributed by atoms with Crippen LogP contribution in [0.4, 0.5) is 0 Å². The predicted octanol–water partition coefficient (Wildman–Crippen LogP) is 3.92. The van der Waals surface area contributed by atoms with Crippen molar-refractivity contribution in [1.82, 2.24) is 0 Å². The molecule has 0 bridgehead atoms. The van der Waals surface area contributed by atoms with Crippen LogP contribution in [0.15, 0.2) is 54.6 Å². The quantitative estimate of drug-likeness (QED) is 0.418. The monoisotopic (exact) mass is 407 g/mol. The van der Waals surface area contributed by atoms with E-state index in [0.717, 1.165) is 0 Å². The first-order valence-electron chi connectivity index (χ1n) is 5.06. The molecule has 0 saturated carbocycles. The van der Waals surface area contributed by atoms with E-state index in [1.165, 1.54) is 21.5 Å². The molecule has 0 heterocycles. The molecule has 3 rings (SSSR count). The van der Waals surface area contributed by atoms with Crippen LogP contribution < -0.4 is 0 Å². The van der Waals surface area contributed by atoms with E-state index in [2.05, 4.69) is 54.6 Å². The first-order chi connectivity index (χ1) is 8.45. The molecule has 0 N–H and O–H groups in total. The molecule has 0 aromatic heterocycles. The molecule has 0 amide bonds. The van der Waals surface area contributed by atoms with Gasteiger partial charge in [0.2, 0.25) is 0 Å². The third-order valence-corrected chi connectivity index (χ3v) is 2.52. The van der Waals surface area contributed by atoms with Crippen LogP contribution in [0.5, 0.6) is 0 Å². The number of carbonyl (C=O) groups is 2. The number of rotatable bonds is 0. The van der Waals surface area contributed by atoms with E-state index in [0.29, 0.717) is 0 Å². The van der Waals surface area contributed by atoms with Crippen molar-refractivity contribution in [1.29, 1.82) is 0 Å². The number of hydrogen-bond acceptors (Lipinski definition) is 2. The van der Waals surface area contributed by atoms with E-state index >= 15 is 0 Å². The molecule has 4 heteroatoms. The van der Waals surface area contributed by atoms with E-state index in [9.17, 15) is 0 Å². The van der Waals surface area contributed by atoms with Crippen molar-refractivity contribution in [3.05, 3.63) is 54.6 Å². The maximum absolute atomic E-state index is 8.00. The standard InChI is InChI=1S/C13H9.2CH2O.BrH.Ru/c1-3-7-12-10(5-1)9-11-6-2-4-8-13(11)12;2*1-2;;/h1-9H;2*1H2;1H;/q-1;;;;+1. The minimum atomic E-state index is 0. The molecule has 2 nitrogen and oxygen atoms in total. The summed E-state index contributed by atoms with van der Waals surface area (Å²) >= 11 is 0. The third-order valence-electron chi connectivity index (χ3n) is 2.52. The molecule has 3 aromatic carbocycles. The summed E-state index contributed by atoms with van der Waals surface area (Å²) in [5, 5.41) is 5.39. The molecule has 0 spiro atoms. The first-order valence-corrected chi connectivity index (χ1v) is 5.06. The van der Waals surface area contributed by atoms with Gasteiger partial charge in [0.15, 0.2) is 0 Å². The van der Waals surface area contributed by atoms with Crippen LogP contribution in [0.2, 0.25) is 0 Å². The summed E-state index contributed by atoms with van der Waals surface area (Å²) in [6.45, 7) is 4.00. The summed E-state index contributed by atoms with van der Waals surface area (Å²) in [6, 6.07) is 19.3. The van der Waals surface area contributed by atoms with Crippen LogP contribution >= 0.6 is 17.0 Å². The fourth-order valence-corrected chi connectivity index (χ4v) is 1.90. The van der Waals surface area contributed by atoms with Gasteiger partial charge in [-0.2, -0.15) is 0 Å². The minimum absolute atomic E-state index is 0. The fraction of sp³-hybridized carbons (Fsp3) is 0. The number of carbonyl (C=O) groups excluding carboxylic acids is 2. The van der Waals surface area contributed by atoms with E-state index in [4.69, 9.17) is 9.59 Å². The Morgan fingerprint density at radius 3 is 1.37 bits per heavy atom. The van der Waals surface area contributed by atoms with Gasteiger partial charge in [-0.05, 0) is 0 Å². The van der Waals surface area contributed by atoms with Gasteiger partial charge in [0.1, 0.15) is 13.6 Å². The number of fused-ring (bicyclic) bond motifs is 3. The van der Waals surface area contributed by atoms with Crippen LogP contribution in [-0.4, -0.2) is 13.6 Å². The number of halogens is 1. The zero-order valence-electron chi connectivity index (χ0n) is 10.2. The summed E-state index contributed by atoms with van der Waals surface area (Å²) in [5.41, 5.74) is 0. The summed E-state index contributed by atoms with van der Waals surface area (Å²) in [6.07, 6.45) is 0. The SMILES string of the molecule is Br.C=O.C=O.[Ru+].c1ccc2c(c1)[cH-]c1ccccc12. The second kappa shape index (κ2) is 10.7. The second-order valence-corrected chi connectivity index (χ2v) is 3.32. The molecule has 0 aliphatic carbocycles. The van der Waals surface area contributed by atoms with Crippen molar-refractivity contribution in [3.8, 4) is 0 Å². The smallest absolute Gasteiger partial charge is 0.307 e. The van der Waals surface area contributed by atoms with Crippen LogP contribution in [0.25, 0.3) is 21.5 Å². The summed E-state index contributed by atoms with van der Waals surface area (Å²) in [5.74, 6) is 0. The molecule has 0 fully saturated rings. The van der Waals surface area contributed by atoms with Crippen LogP contribution in [0, 0.1) is 0 Å². The van der Waals surface area contributed by atoms with Gasteiger partial charge in [-0.3, -0.25) is 0 Å². The van der Waals surface area contributed by atoms with Crippen molar-refractivity contribution in [2.24, 2.45) is 0 Å². The average molecular weight is 407 g/mol. The van der Waals surface area contributed by atoms with Crippen LogP contribution in [-0.2, 0) is 29.1 Å². The summed E-state index contributed by atoms with van der Waals surface area (Å²) in [4.78, 5) is 16.0. The molecule has 0 aliphatic rings. The van der Waals surface area contributed by atoms with Gasteiger partial charge in [0.05, 0.1) is 0 Å². The van der Waals surface area contributed by atoms with Crippen molar-refractivity contribution >= 4 is 52.1 Å². The Hall–Kier alpha value is -1.25. The maximum Gasteiger partial charge on any atom is 1.00 e. The Bertz CT molecular complexity index is 555. The molecule has 0 saturated heterocycles. The Morgan fingerprint density at radius 1 is 0.684 bits per heavy atom. The van der Waals surface area contributed by atoms with Gasteiger partial charge in [-0.25, -0.2) is 0 Å². The topological polar surface area (TPSA) is 34.1 Å². The van der Waals surface area contributed by atoms with E-state index in [-0.39, 0.29) is 36.5 Å². The fourth-order valence-electron chi connectivity index (χ4n) is 1.90. The van der Waals surface area contributed by atoms with Crippen molar-refractivity contribution in [2.75, 3.05) is 0 Å². The van der Waals surface area contributed by atoms with Gasteiger partial charge >= 0.3 is 19.5 Å². The van der Waals surface area contributed by atoms with Gasteiger partial charge in [-0.15, -0.1) is 56.7 Å². The third kappa shape index (κ3) is 4.41. The van der Waals surface area contributed by atoms with Gasteiger partial charge in [0.25, 0.3) is 0 Å². The largest absolute Gasteiger partial charge is 1.00 e. The predicted molar refractivity (Wildman–Crippen MR) is 81.6 cm³/mol. The van der Waals surface area contributed by atoms with Crippen LogP contribution in [0.1, 0.15) is 0 Å². The van der Waals surface area contributed by atoms with Gasteiger partial charge in [-0.1, -0.05) is 36.4 Å². The number of hydrogen-bond donors (Lipinski definition) is 0. The summed E-state index contributed by atoms with van der Waals surface area (Å²) in [7, 11) is 0. The number of benzene rings is 2. The Balaban J connectivity index is 0. The maximum atomic E-state index is 8.00. The van der Waals surface area contributed by atoms with E-state index in [1.807, 2.05) is 13.6 Å². The Labute approximate surface area is 135 Å². The molecule has 0 unspecified atom stereocenters. The summed E-state index contributed by atoms with van der Waals surface area (Å²) < 4.78 is 0. The Kier molecular flexibility index (Phi) is 11.3. The zero-order valence-corrected chi connectivity index (χ0v) is 13.6. The van der Waals surface area contributed by atoms with Crippen molar-refractivity contribution in [2.45, 2.75) is 0 Å². The molecule has 0 atom stereocenters. The first kappa shape index (κ1) is 20.1. The molecule has 0 aliphatic heterocycles.